The molecule has 0 aliphatic heterocycles. The predicted octanol–water partition coefficient (Wildman–Crippen LogP) is 7.79. The van der Waals surface area contributed by atoms with Crippen molar-refractivity contribution in [1.82, 2.24) is 14.8 Å². The fourth-order valence-electron chi connectivity index (χ4n) is 7.55. The second kappa shape index (κ2) is 20.3. The van der Waals surface area contributed by atoms with Gasteiger partial charge in [0.2, 0.25) is 5.13 Å². The van der Waals surface area contributed by atoms with Gasteiger partial charge in [-0.15, -0.1) is 30.7 Å². The van der Waals surface area contributed by atoms with Gasteiger partial charge in [-0.3, -0.25) is 32.7 Å². The third kappa shape index (κ3) is 11.6. The number of aromatic hydroxyl groups is 1. The molecule has 0 radical (unpaired) electrons. The number of phenols is 1. The van der Waals surface area contributed by atoms with Gasteiger partial charge in [0.05, 0.1) is 51.1 Å². The number of thiazole rings is 1. The highest BCUT2D eigenvalue weighted by Gasteiger charge is 2.26. The summed E-state index contributed by atoms with van der Waals surface area (Å²) in [5.74, 6) is -1.39. The number of fused-ring (bicyclic) bond motifs is 3. The minimum Gasteiger partial charge on any atom is -0.505 e. The van der Waals surface area contributed by atoms with Crippen molar-refractivity contribution >= 4 is 127 Å². The third-order valence-electron chi connectivity index (χ3n) is 10.9. The number of aromatic amines is 1. The minimum absolute atomic E-state index is 0.00257. The zero-order valence-corrected chi connectivity index (χ0v) is 43.3. The zero-order valence-electron chi connectivity index (χ0n) is 38.4. The van der Waals surface area contributed by atoms with Gasteiger partial charge in [-0.2, -0.15) is 42.1 Å². The van der Waals surface area contributed by atoms with E-state index >= 15 is 0 Å². The number of aliphatic hydroxyl groups excluding tert-OH is 1. The molecule has 0 unspecified atom stereocenters. The Hall–Kier alpha value is -7.35. The molecule has 8 N–H and O–H groups in total. The first-order valence-electron chi connectivity index (χ1n) is 21.0. The van der Waals surface area contributed by atoms with Crippen molar-refractivity contribution in [1.29, 1.82) is 0 Å². The third-order valence-corrected chi connectivity index (χ3v) is 16.5. The molecular formula is C42H35N9O19S6. The van der Waals surface area contributed by atoms with Crippen LogP contribution in [0.5, 0.6) is 11.5 Å². The molecule has 6 aromatic carbocycles. The first-order valence-corrected chi connectivity index (χ1v) is 29.2. The van der Waals surface area contributed by atoms with Gasteiger partial charge in [-0.25, -0.2) is 9.67 Å². The Morgan fingerprint density at radius 1 is 0.658 bits per heavy atom. The van der Waals surface area contributed by atoms with E-state index < -0.39 is 105 Å². The van der Waals surface area contributed by atoms with E-state index in [1.165, 1.54) is 43.3 Å². The summed E-state index contributed by atoms with van der Waals surface area (Å²) in [6.45, 7) is 1.97. The summed E-state index contributed by atoms with van der Waals surface area (Å²) in [6.07, 6.45) is -0.190. The Morgan fingerprint density at radius 2 is 1.30 bits per heavy atom. The van der Waals surface area contributed by atoms with Crippen molar-refractivity contribution in [3.05, 3.63) is 106 Å². The Bertz CT molecular complexity index is 4500. The van der Waals surface area contributed by atoms with Gasteiger partial charge in [0, 0.05) is 27.8 Å². The normalized spacial score (nSPS) is 13.2. The fourth-order valence-corrected chi connectivity index (χ4v) is 12.3. The van der Waals surface area contributed by atoms with Crippen molar-refractivity contribution in [2.45, 2.75) is 46.5 Å². The van der Waals surface area contributed by atoms with E-state index in [1.807, 2.05) is 0 Å². The SMILES string of the molecule is Cc1cc(N=Nc2ccc3c(S(=O)(=O)O)c(N=Nc4c(C)[nH]n(-c5ccc6c(S(=O)(=O)O)cc(S(=O)(=O)O)cc6c5)c4=O)ccc3c2O)c(OCCCS(=O)(=O)O)cc1N=Nc1nc2ccc(CO)c(S(=O)(=O)O)c2s1. The molecule has 0 saturated heterocycles. The highest BCUT2D eigenvalue weighted by molar-refractivity contribution is 7.87. The van der Waals surface area contributed by atoms with E-state index in [4.69, 9.17) is 4.74 Å². The largest absolute Gasteiger partial charge is 0.505 e. The Kier molecular flexibility index (Phi) is 14.7. The van der Waals surface area contributed by atoms with Gasteiger partial charge in [0.1, 0.15) is 37.5 Å². The molecule has 2 aromatic heterocycles. The number of H-pyrrole nitrogens is 1. The number of nitrogens with zero attached hydrogens (tertiary/aromatic N) is 8. The molecule has 2 heterocycles. The van der Waals surface area contributed by atoms with Crippen LogP contribution >= 0.6 is 11.3 Å². The van der Waals surface area contributed by atoms with Crippen LogP contribution in [-0.4, -0.2) is 102 Å². The van der Waals surface area contributed by atoms with E-state index in [9.17, 15) is 79.9 Å². The number of benzene rings is 6. The van der Waals surface area contributed by atoms with Gasteiger partial charge in [0.25, 0.3) is 56.1 Å². The lowest BCUT2D eigenvalue weighted by Crippen LogP contribution is -2.14. The van der Waals surface area contributed by atoms with E-state index in [2.05, 4.69) is 40.8 Å². The number of rotatable bonds is 17. The van der Waals surface area contributed by atoms with Crippen LogP contribution in [-0.2, 0) is 57.2 Å². The van der Waals surface area contributed by atoms with Gasteiger partial charge in [-0.1, -0.05) is 29.5 Å². The number of hydrogen-bond acceptors (Lipinski definition) is 22. The fraction of sp³-hybridized carbons (Fsp3) is 0.143. The summed E-state index contributed by atoms with van der Waals surface area (Å²) in [6, 6.07) is 14.9. The standard InChI is InChI=1S/C42H35N9O19S6/c1-20-14-33(34(70-12-3-13-72(55,56)57)18-32(20)46-49-42-43-30-9-4-22(19-52)39(38(30)71-42)75(64,65)66)47-44-29-10-8-28-27(37(29)53)7-11-31(40(28)76(67,68)69)45-48-36-21(2)50-51(41(36)54)24-5-6-26-23(15-24)16-25(73(58,59)60)17-35(26)74(61,62)63/h4-11,14-18,50,52-53H,3,12-13,19H2,1-2H3,(H,55,56,57)(H,58,59,60)(H,61,62,63)(H,64,65,66)(H,67,68,69). The number of aliphatic hydroxyl groups is 1. The molecule has 0 fully saturated rings. The molecule has 398 valence electrons. The first-order chi connectivity index (χ1) is 35.4. The smallest absolute Gasteiger partial charge is 0.299 e. The van der Waals surface area contributed by atoms with Crippen LogP contribution in [0.15, 0.2) is 134 Å². The predicted molar refractivity (Wildman–Crippen MR) is 269 cm³/mol. The van der Waals surface area contributed by atoms with E-state index in [0.717, 1.165) is 52.4 Å². The number of hydrogen-bond donors (Lipinski definition) is 8. The number of aromatic nitrogens is 3. The number of nitrogens with one attached hydrogen (secondary N) is 1. The van der Waals surface area contributed by atoms with Crippen LogP contribution in [0.4, 0.5) is 33.6 Å². The molecule has 34 heteroatoms. The van der Waals surface area contributed by atoms with E-state index in [0.29, 0.717) is 11.6 Å². The monoisotopic (exact) mass is 1160 g/mol. The van der Waals surface area contributed by atoms with E-state index in [1.54, 1.807) is 6.92 Å². The quantitative estimate of drug-likeness (QED) is 0.0245. The lowest BCUT2D eigenvalue weighted by atomic mass is 10.1. The number of phenolic OH excluding ortho intramolecular Hbond substituents is 1. The molecule has 0 spiro atoms. The summed E-state index contributed by atoms with van der Waals surface area (Å²) in [5.41, 5.74) is -1.53. The van der Waals surface area contributed by atoms with Crippen molar-refractivity contribution in [3.8, 4) is 17.2 Å². The van der Waals surface area contributed by atoms with E-state index in [-0.39, 0.29) is 89.7 Å². The van der Waals surface area contributed by atoms with Crippen LogP contribution in [0.2, 0.25) is 0 Å². The van der Waals surface area contributed by atoms with Crippen LogP contribution < -0.4 is 10.3 Å². The number of aryl methyl sites for hydroxylation is 2. The summed E-state index contributed by atoms with van der Waals surface area (Å²) in [4.78, 5) is 14.8. The molecule has 76 heavy (non-hydrogen) atoms. The summed E-state index contributed by atoms with van der Waals surface area (Å²) < 4.78 is 176. The zero-order chi connectivity index (χ0) is 55.4. The maximum Gasteiger partial charge on any atom is 0.299 e. The second-order valence-electron chi connectivity index (χ2n) is 16.1. The summed E-state index contributed by atoms with van der Waals surface area (Å²) >= 11 is 0.750. The lowest BCUT2D eigenvalue weighted by molar-refractivity contribution is 0.278. The van der Waals surface area contributed by atoms with Crippen LogP contribution in [0.3, 0.4) is 0 Å². The average molecular weight is 1160 g/mol. The molecule has 0 aliphatic rings. The first kappa shape index (κ1) is 54.9. The molecule has 8 aromatic rings. The molecule has 8 rings (SSSR count). The molecular weight excluding hydrogens is 1130 g/mol. The lowest BCUT2D eigenvalue weighted by Gasteiger charge is -2.11. The Morgan fingerprint density at radius 3 is 1.96 bits per heavy atom. The molecule has 0 saturated carbocycles. The van der Waals surface area contributed by atoms with Crippen molar-refractivity contribution < 1.29 is 79.8 Å². The van der Waals surface area contributed by atoms with Crippen LogP contribution in [0.1, 0.15) is 23.2 Å². The van der Waals surface area contributed by atoms with Crippen molar-refractivity contribution in [2.24, 2.45) is 30.7 Å². The number of azo groups is 3. The van der Waals surface area contributed by atoms with Gasteiger partial charge >= 0.3 is 0 Å². The summed E-state index contributed by atoms with van der Waals surface area (Å²) in [5, 5.41) is 47.3. The van der Waals surface area contributed by atoms with Crippen LogP contribution in [0.25, 0.3) is 37.4 Å². The molecule has 0 atom stereocenters. The minimum atomic E-state index is -5.20. The van der Waals surface area contributed by atoms with Gasteiger partial charge < -0.3 is 14.9 Å². The molecule has 0 bridgehead atoms. The highest BCUT2D eigenvalue weighted by Crippen LogP contribution is 2.44. The van der Waals surface area contributed by atoms with Gasteiger partial charge in [0.15, 0.2) is 11.4 Å². The Balaban J connectivity index is 1.12. The van der Waals surface area contributed by atoms with Gasteiger partial charge in [-0.05, 0) is 85.8 Å². The Labute approximate surface area is 432 Å². The summed E-state index contributed by atoms with van der Waals surface area (Å²) in [7, 11) is -24.4. The maximum atomic E-state index is 13.7. The maximum absolute atomic E-state index is 13.7. The molecule has 0 aliphatic carbocycles. The number of ether oxygens (including phenoxy) is 1. The average Bonchev–Trinajstić information content (AvgIpc) is 3.87. The second-order valence-corrected chi connectivity index (χ2v) is 24.2. The van der Waals surface area contributed by atoms with Crippen LogP contribution in [0, 0.1) is 13.8 Å². The molecule has 28 nitrogen and oxygen atoms in total. The molecule has 0 amide bonds. The highest BCUT2D eigenvalue weighted by atomic mass is 32.2. The topological polar surface area (TPSA) is 446 Å². The van der Waals surface area contributed by atoms with Crippen molar-refractivity contribution in [3.63, 3.8) is 0 Å². The van der Waals surface area contributed by atoms with Crippen molar-refractivity contribution in [2.75, 3.05) is 12.4 Å².